The minimum Gasteiger partial charge on any atom is -0.432 e. The Kier molecular flexibility index (Phi) is 2.39. The number of rotatable bonds is 0. The molecule has 1 saturated heterocycles. The van der Waals surface area contributed by atoms with Gasteiger partial charge in [-0.2, -0.15) is 0 Å². The van der Waals surface area contributed by atoms with E-state index in [2.05, 4.69) is 8.86 Å². The van der Waals surface area contributed by atoms with Crippen LogP contribution >= 0.6 is 8.86 Å². The molecule has 1 heterocycles. The molecule has 3 nitrogen and oxygen atoms in total. The molecule has 1 aliphatic carbocycles. The van der Waals surface area contributed by atoms with Gasteiger partial charge in [0, 0.05) is 12.8 Å². The zero-order chi connectivity index (χ0) is 9.31. The van der Waals surface area contributed by atoms with Gasteiger partial charge >= 0.3 is 5.97 Å². The lowest BCUT2D eigenvalue weighted by molar-refractivity contribution is -0.221. The van der Waals surface area contributed by atoms with E-state index < -0.39 is 5.79 Å². The molecule has 0 bridgehead atoms. The average molecular weight is 200 g/mol. The first-order chi connectivity index (χ1) is 6.20. The maximum Gasteiger partial charge on any atom is 0.315 e. The second-order valence-electron chi connectivity index (χ2n) is 3.65. The van der Waals surface area contributed by atoms with Gasteiger partial charge in [-0.15, -0.1) is 0 Å². The van der Waals surface area contributed by atoms with Gasteiger partial charge in [-0.05, 0) is 12.8 Å². The van der Waals surface area contributed by atoms with Gasteiger partial charge in [-0.1, -0.05) is 15.3 Å². The van der Waals surface area contributed by atoms with Crippen LogP contribution in [0.15, 0.2) is 0 Å². The van der Waals surface area contributed by atoms with E-state index >= 15 is 0 Å². The highest BCUT2D eigenvalue weighted by Gasteiger charge is 2.41. The molecular weight excluding hydrogens is 187 g/mol. The topological polar surface area (TPSA) is 35.5 Å². The smallest absolute Gasteiger partial charge is 0.315 e. The van der Waals surface area contributed by atoms with E-state index in [0.717, 1.165) is 25.7 Å². The Bertz CT molecular complexity index is 225. The SMILES string of the molecule is O=C1CC(=P)OC2(CCCCC2)O1. The molecule has 0 aromatic carbocycles. The molecule has 2 rings (SSSR count). The van der Waals surface area contributed by atoms with E-state index in [0.29, 0.717) is 5.48 Å². The summed E-state index contributed by atoms with van der Waals surface area (Å²) >= 11 is 0. The molecule has 0 N–H and O–H groups in total. The zero-order valence-electron chi connectivity index (χ0n) is 7.47. The van der Waals surface area contributed by atoms with Crippen LogP contribution in [0.1, 0.15) is 38.5 Å². The predicted molar refractivity (Wildman–Crippen MR) is 50.9 cm³/mol. The molecule has 0 radical (unpaired) electrons. The quantitative estimate of drug-likeness (QED) is 0.442. The Hall–Kier alpha value is -0.400. The predicted octanol–water partition coefficient (Wildman–Crippen LogP) is 1.88. The standard InChI is InChI=1S/C9H13O3P/c10-7-6-8(13)12-9(11-7)4-2-1-3-5-9/h13H,1-6H2. The molecule has 0 aromatic heterocycles. The summed E-state index contributed by atoms with van der Waals surface area (Å²) in [5.74, 6) is -0.817. The lowest BCUT2D eigenvalue weighted by Crippen LogP contribution is -2.45. The first-order valence-electron chi connectivity index (χ1n) is 4.68. The number of ether oxygens (including phenoxy) is 2. The summed E-state index contributed by atoms with van der Waals surface area (Å²) in [5, 5.41) is 0. The zero-order valence-corrected chi connectivity index (χ0v) is 8.47. The Morgan fingerprint density at radius 3 is 2.46 bits per heavy atom. The fourth-order valence-corrected chi connectivity index (χ4v) is 2.28. The van der Waals surface area contributed by atoms with Crippen molar-refractivity contribution < 1.29 is 14.3 Å². The van der Waals surface area contributed by atoms with E-state index in [-0.39, 0.29) is 12.4 Å². The number of carbonyl (C=O) groups is 1. The van der Waals surface area contributed by atoms with Crippen molar-refractivity contribution in [2.45, 2.75) is 44.3 Å². The van der Waals surface area contributed by atoms with Crippen molar-refractivity contribution in [3.63, 3.8) is 0 Å². The first-order valence-corrected chi connectivity index (χ1v) is 5.18. The van der Waals surface area contributed by atoms with E-state index in [1.165, 1.54) is 6.42 Å². The average Bonchev–Trinajstić information content (AvgIpc) is 2.02. The number of hydrogen-bond acceptors (Lipinski definition) is 3. The molecule has 13 heavy (non-hydrogen) atoms. The molecule has 4 heteroatoms. The van der Waals surface area contributed by atoms with Crippen LogP contribution in [0, 0.1) is 0 Å². The van der Waals surface area contributed by atoms with E-state index in [4.69, 9.17) is 9.47 Å². The number of hydrogen-bond donors (Lipinski definition) is 0. The molecule has 1 spiro atoms. The number of carbonyl (C=O) groups excluding carboxylic acids is 1. The molecule has 0 amide bonds. The Morgan fingerprint density at radius 1 is 1.15 bits per heavy atom. The molecule has 1 aliphatic heterocycles. The van der Waals surface area contributed by atoms with Crippen LogP contribution in [0.2, 0.25) is 0 Å². The number of esters is 1. The molecule has 2 aliphatic rings. The van der Waals surface area contributed by atoms with Gasteiger partial charge in [-0.25, -0.2) is 0 Å². The van der Waals surface area contributed by atoms with Crippen molar-refractivity contribution >= 4 is 20.3 Å². The Morgan fingerprint density at radius 2 is 1.85 bits per heavy atom. The van der Waals surface area contributed by atoms with E-state index in [1.807, 2.05) is 0 Å². The van der Waals surface area contributed by atoms with Crippen LogP contribution in [0.5, 0.6) is 0 Å². The van der Waals surface area contributed by atoms with Crippen LogP contribution in [-0.2, 0) is 14.3 Å². The second kappa shape index (κ2) is 3.39. The van der Waals surface area contributed by atoms with Crippen LogP contribution < -0.4 is 0 Å². The Balaban J connectivity index is 2.11. The third-order valence-corrected chi connectivity index (χ3v) is 2.81. The fraction of sp³-hybridized carbons (Fsp3) is 0.778. The van der Waals surface area contributed by atoms with Crippen molar-refractivity contribution in [3.05, 3.63) is 0 Å². The van der Waals surface area contributed by atoms with Gasteiger partial charge in [0.15, 0.2) is 0 Å². The monoisotopic (exact) mass is 200 g/mol. The van der Waals surface area contributed by atoms with Crippen molar-refractivity contribution in [2.24, 2.45) is 0 Å². The highest BCUT2D eigenvalue weighted by molar-refractivity contribution is 7.20. The summed E-state index contributed by atoms with van der Waals surface area (Å²) in [7, 11) is 3.28. The highest BCUT2D eigenvalue weighted by Crippen LogP contribution is 2.36. The fourth-order valence-electron chi connectivity index (χ4n) is 1.95. The van der Waals surface area contributed by atoms with Crippen LogP contribution in [-0.4, -0.2) is 17.2 Å². The van der Waals surface area contributed by atoms with Gasteiger partial charge in [0.1, 0.15) is 0 Å². The first kappa shape index (κ1) is 9.17. The molecule has 0 aromatic rings. The lowest BCUT2D eigenvalue weighted by atomic mass is 9.93. The van der Waals surface area contributed by atoms with Crippen LogP contribution in [0.4, 0.5) is 0 Å². The minimum atomic E-state index is -0.634. The Labute approximate surface area is 79.6 Å². The molecule has 2 fully saturated rings. The van der Waals surface area contributed by atoms with Crippen LogP contribution in [0.25, 0.3) is 0 Å². The maximum absolute atomic E-state index is 11.2. The molecule has 1 saturated carbocycles. The summed E-state index contributed by atoms with van der Waals surface area (Å²) in [6.45, 7) is 0. The molecule has 0 unspecified atom stereocenters. The lowest BCUT2D eigenvalue weighted by Gasteiger charge is -2.39. The van der Waals surface area contributed by atoms with E-state index in [9.17, 15) is 4.79 Å². The summed E-state index contributed by atoms with van der Waals surface area (Å²) < 4.78 is 10.8. The van der Waals surface area contributed by atoms with Crippen LogP contribution in [0.3, 0.4) is 0 Å². The van der Waals surface area contributed by atoms with Crippen molar-refractivity contribution in [1.82, 2.24) is 0 Å². The van der Waals surface area contributed by atoms with Gasteiger partial charge < -0.3 is 9.47 Å². The third-order valence-electron chi connectivity index (χ3n) is 2.53. The van der Waals surface area contributed by atoms with Gasteiger partial charge in [0.05, 0.1) is 11.9 Å². The molecular formula is C9H13O3P. The van der Waals surface area contributed by atoms with Crippen molar-refractivity contribution in [3.8, 4) is 0 Å². The summed E-state index contributed by atoms with van der Waals surface area (Å²) in [6, 6.07) is 0. The third kappa shape index (κ3) is 1.92. The second-order valence-corrected chi connectivity index (χ2v) is 4.21. The summed E-state index contributed by atoms with van der Waals surface area (Å²) in [6.07, 6.45) is 5.25. The highest BCUT2D eigenvalue weighted by atomic mass is 31.0. The van der Waals surface area contributed by atoms with Gasteiger partial charge in [0.2, 0.25) is 5.79 Å². The maximum atomic E-state index is 11.2. The minimum absolute atomic E-state index is 0.182. The molecule has 72 valence electrons. The molecule has 0 atom stereocenters. The normalized spacial score (nSPS) is 27.4. The van der Waals surface area contributed by atoms with E-state index in [1.54, 1.807) is 0 Å². The van der Waals surface area contributed by atoms with Gasteiger partial charge in [0.25, 0.3) is 0 Å². The van der Waals surface area contributed by atoms with Crippen molar-refractivity contribution in [2.75, 3.05) is 0 Å². The summed E-state index contributed by atoms with van der Waals surface area (Å²) in [4.78, 5) is 11.2. The van der Waals surface area contributed by atoms with Crippen molar-refractivity contribution in [1.29, 1.82) is 0 Å². The van der Waals surface area contributed by atoms with Gasteiger partial charge in [-0.3, -0.25) is 4.79 Å². The largest absolute Gasteiger partial charge is 0.432 e. The summed E-state index contributed by atoms with van der Waals surface area (Å²) in [5.41, 5.74) is 0.609.